The highest BCUT2D eigenvalue weighted by molar-refractivity contribution is 7.09. The molecule has 0 aliphatic carbocycles. The molecule has 0 saturated carbocycles. The van der Waals surface area contributed by atoms with Gasteiger partial charge in [0, 0.05) is 43.5 Å². The summed E-state index contributed by atoms with van der Waals surface area (Å²) in [5, 5.41) is 3.76. The Morgan fingerprint density at radius 1 is 1.27 bits per heavy atom. The van der Waals surface area contributed by atoms with Crippen LogP contribution in [-0.4, -0.2) is 34.4 Å². The minimum atomic E-state index is -0.244. The molecule has 1 aromatic carbocycles. The number of rotatable bonds is 10. The quantitative estimate of drug-likeness (QED) is 0.683. The molecule has 26 heavy (non-hydrogen) atoms. The van der Waals surface area contributed by atoms with Crippen molar-refractivity contribution in [3.63, 3.8) is 0 Å². The van der Waals surface area contributed by atoms with Crippen LogP contribution in [0.1, 0.15) is 51.4 Å². The third-order valence-corrected chi connectivity index (χ3v) is 4.66. The molecular weight excluding hydrogens is 351 g/mol. The zero-order valence-corrected chi connectivity index (χ0v) is 16.5. The largest absolute Gasteiger partial charge is 0.354 e. The van der Waals surface area contributed by atoms with E-state index in [-0.39, 0.29) is 17.8 Å². The van der Waals surface area contributed by atoms with Gasteiger partial charge >= 0.3 is 0 Å². The molecule has 0 aliphatic heterocycles. The SMILES string of the molecule is CCCCN(CCC(=O)NC(C)C)c1nc(Cc2ccc(F)cc2)ns1. The average Bonchev–Trinajstić information content (AvgIpc) is 3.05. The molecule has 0 radical (unpaired) electrons. The number of anilines is 1. The molecule has 2 rings (SSSR count). The number of nitrogens with zero attached hydrogens (tertiary/aromatic N) is 3. The van der Waals surface area contributed by atoms with Crippen LogP contribution in [0.5, 0.6) is 0 Å². The lowest BCUT2D eigenvalue weighted by atomic mass is 10.1. The van der Waals surface area contributed by atoms with Gasteiger partial charge in [-0.2, -0.15) is 4.37 Å². The van der Waals surface area contributed by atoms with Crippen molar-refractivity contribution in [2.24, 2.45) is 0 Å². The minimum absolute atomic E-state index is 0.0533. The van der Waals surface area contributed by atoms with Gasteiger partial charge in [-0.05, 0) is 38.0 Å². The minimum Gasteiger partial charge on any atom is -0.354 e. The van der Waals surface area contributed by atoms with Gasteiger partial charge in [0.1, 0.15) is 11.6 Å². The van der Waals surface area contributed by atoms with Crippen LogP contribution in [0.25, 0.3) is 0 Å². The number of nitrogens with one attached hydrogen (secondary N) is 1. The first kappa shape index (κ1) is 20.3. The second-order valence-corrected chi connectivity index (χ2v) is 7.34. The standard InChI is InChI=1S/C19H27FN4OS/c1-4-5-11-24(12-10-18(25)21-14(2)3)19-22-17(23-26-19)13-15-6-8-16(20)9-7-15/h6-9,14H,4-5,10-13H2,1-3H3,(H,21,25). The van der Waals surface area contributed by atoms with E-state index in [0.29, 0.717) is 19.4 Å². The van der Waals surface area contributed by atoms with Crippen molar-refractivity contribution in [3.05, 3.63) is 41.5 Å². The van der Waals surface area contributed by atoms with Crippen molar-refractivity contribution in [2.75, 3.05) is 18.0 Å². The molecule has 5 nitrogen and oxygen atoms in total. The number of halogens is 1. The Morgan fingerprint density at radius 2 is 2.00 bits per heavy atom. The lowest BCUT2D eigenvalue weighted by Gasteiger charge is -2.21. The fourth-order valence-electron chi connectivity index (χ4n) is 2.51. The van der Waals surface area contributed by atoms with Gasteiger partial charge in [0.05, 0.1) is 0 Å². The van der Waals surface area contributed by atoms with Crippen LogP contribution in [0.4, 0.5) is 9.52 Å². The van der Waals surface area contributed by atoms with Crippen LogP contribution in [0.2, 0.25) is 0 Å². The number of aromatic nitrogens is 2. The Labute approximate surface area is 158 Å². The third kappa shape index (κ3) is 6.71. The molecule has 2 aromatic rings. The van der Waals surface area contributed by atoms with Crippen LogP contribution in [0.3, 0.4) is 0 Å². The normalized spacial score (nSPS) is 11.0. The van der Waals surface area contributed by atoms with Crippen molar-refractivity contribution < 1.29 is 9.18 Å². The van der Waals surface area contributed by atoms with Crippen LogP contribution in [0, 0.1) is 5.82 Å². The fraction of sp³-hybridized carbons (Fsp3) is 0.526. The van der Waals surface area contributed by atoms with Crippen molar-refractivity contribution in [3.8, 4) is 0 Å². The van der Waals surface area contributed by atoms with Crippen LogP contribution >= 0.6 is 11.5 Å². The Hall–Kier alpha value is -2.02. The van der Waals surface area contributed by atoms with Gasteiger partial charge in [-0.1, -0.05) is 25.5 Å². The summed E-state index contributed by atoms with van der Waals surface area (Å²) in [4.78, 5) is 18.7. The molecule has 0 unspecified atom stereocenters. The predicted octanol–water partition coefficient (Wildman–Crippen LogP) is 3.79. The first-order valence-corrected chi connectivity index (χ1v) is 9.86. The molecule has 0 spiro atoms. The van der Waals surface area contributed by atoms with Gasteiger partial charge < -0.3 is 10.2 Å². The highest BCUT2D eigenvalue weighted by Crippen LogP contribution is 2.20. The highest BCUT2D eigenvalue weighted by Gasteiger charge is 2.14. The molecule has 0 saturated heterocycles. The molecule has 1 aromatic heterocycles. The lowest BCUT2D eigenvalue weighted by molar-refractivity contribution is -0.121. The molecule has 0 fully saturated rings. The van der Waals surface area contributed by atoms with Gasteiger partial charge in [0.25, 0.3) is 0 Å². The van der Waals surface area contributed by atoms with Gasteiger partial charge in [0.15, 0.2) is 0 Å². The first-order valence-electron chi connectivity index (χ1n) is 9.09. The number of carbonyl (C=O) groups excluding carboxylic acids is 1. The molecule has 1 heterocycles. The summed E-state index contributed by atoms with van der Waals surface area (Å²) in [6.07, 6.45) is 3.13. The van der Waals surface area contributed by atoms with Gasteiger partial charge in [0.2, 0.25) is 11.0 Å². The summed E-state index contributed by atoms with van der Waals surface area (Å²) in [5.74, 6) is 0.536. The molecule has 142 valence electrons. The van der Waals surface area contributed by atoms with Gasteiger partial charge in [-0.15, -0.1) is 0 Å². The Bertz CT molecular complexity index is 687. The summed E-state index contributed by atoms with van der Waals surface area (Å²) in [7, 11) is 0. The van der Waals surface area contributed by atoms with Crippen molar-refractivity contribution in [1.82, 2.24) is 14.7 Å². The molecule has 1 N–H and O–H groups in total. The second kappa shape index (κ2) is 10.2. The monoisotopic (exact) mass is 378 g/mol. The number of amides is 1. The Kier molecular flexibility index (Phi) is 7.97. The predicted molar refractivity (Wildman–Crippen MR) is 104 cm³/mol. The number of unbranched alkanes of at least 4 members (excludes halogenated alkanes) is 1. The fourth-order valence-corrected chi connectivity index (χ4v) is 3.25. The van der Waals surface area contributed by atoms with E-state index in [9.17, 15) is 9.18 Å². The molecule has 0 bridgehead atoms. The summed E-state index contributed by atoms with van der Waals surface area (Å²) >= 11 is 1.36. The summed E-state index contributed by atoms with van der Waals surface area (Å²) in [6.45, 7) is 7.54. The topological polar surface area (TPSA) is 58.1 Å². The second-order valence-electron chi connectivity index (χ2n) is 6.61. The zero-order chi connectivity index (χ0) is 18.9. The molecule has 0 atom stereocenters. The van der Waals surface area contributed by atoms with E-state index in [1.54, 1.807) is 12.1 Å². The van der Waals surface area contributed by atoms with E-state index >= 15 is 0 Å². The van der Waals surface area contributed by atoms with E-state index in [1.807, 2.05) is 13.8 Å². The maximum Gasteiger partial charge on any atom is 0.221 e. The number of hydrogen-bond acceptors (Lipinski definition) is 5. The maximum absolute atomic E-state index is 13.0. The maximum atomic E-state index is 13.0. The first-order chi connectivity index (χ1) is 12.5. The van der Waals surface area contributed by atoms with Crippen molar-refractivity contribution >= 4 is 22.6 Å². The summed E-state index contributed by atoms with van der Waals surface area (Å²) in [5.41, 5.74) is 0.979. The Balaban J connectivity index is 1.99. The lowest BCUT2D eigenvalue weighted by Crippen LogP contribution is -2.34. The number of hydrogen-bond donors (Lipinski definition) is 1. The highest BCUT2D eigenvalue weighted by atomic mass is 32.1. The van der Waals surface area contributed by atoms with E-state index in [2.05, 4.69) is 26.5 Å². The molecule has 0 aliphatic rings. The number of carbonyl (C=O) groups is 1. The molecular formula is C19H27FN4OS. The van der Waals surface area contributed by atoms with Gasteiger partial charge in [-0.25, -0.2) is 9.37 Å². The molecule has 1 amide bonds. The van der Waals surface area contributed by atoms with Crippen molar-refractivity contribution in [2.45, 2.75) is 52.5 Å². The van der Waals surface area contributed by atoms with Crippen molar-refractivity contribution in [1.29, 1.82) is 0 Å². The summed E-state index contributed by atoms with van der Waals surface area (Å²) < 4.78 is 17.4. The van der Waals surface area contributed by atoms with Gasteiger partial charge in [-0.3, -0.25) is 4.79 Å². The van der Waals surface area contributed by atoms with E-state index < -0.39 is 0 Å². The Morgan fingerprint density at radius 3 is 2.65 bits per heavy atom. The zero-order valence-electron chi connectivity index (χ0n) is 15.7. The average molecular weight is 379 g/mol. The van der Waals surface area contributed by atoms with Crippen LogP contribution < -0.4 is 10.2 Å². The smallest absolute Gasteiger partial charge is 0.221 e. The summed E-state index contributed by atoms with van der Waals surface area (Å²) in [6, 6.07) is 6.55. The third-order valence-electron chi connectivity index (χ3n) is 3.84. The van der Waals surface area contributed by atoms with E-state index in [0.717, 1.165) is 35.9 Å². The number of benzene rings is 1. The van der Waals surface area contributed by atoms with Crippen LogP contribution in [-0.2, 0) is 11.2 Å². The van der Waals surface area contributed by atoms with E-state index in [1.165, 1.54) is 23.7 Å². The van der Waals surface area contributed by atoms with E-state index in [4.69, 9.17) is 0 Å². The van der Waals surface area contributed by atoms with Crippen LogP contribution in [0.15, 0.2) is 24.3 Å². The molecule has 7 heteroatoms.